The number of carbonyl (C=O) groups excluding carboxylic acids is 1. The summed E-state index contributed by atoms with van der Waals surface area (Å²) in [5, 5.41) is 4.04. The number of nitrogens with zero attached hydrogens (tertiary/aromatic N) is 1. The molecule has 1 heterocycles. The number of nitrogens with one attached hydrogen (secondary N) is 1. The zero-order chi connectivity index (χ0) is 16.4. The first-order chi connectivity index (χ1) is 11.0. The van der Waals surface area contributed by atoms with Gasteiger partial charge in [0.25, 0.3) is 0 Å². The van der Waals surface area contributed by atoms with Crippen LogP contribution in [0.4, 0.5) is 5.13 Å². The van der Waals surface area contributed by atoms with E-state index in [4.69, 9.17) is 11.6 Å². The van der Waals surface area contributed by atoms with E-state index in [1.165, 1.54) is 16.9 Å². The molecule has 0 aliphatic rings. The van der Waals surface area contributed by atoms with E-state index in [0.29, 0.717) is 22.5 Å². The number of benzene rings is 2. The Hall–Kier alpha value is -1.91. The third kappa shape index (κ3) is 3.71. The number of para-hydroxylation sites is 1. The zero-order valence-corrected chi connectivity index (χ0v) is 14.5. The molecule has 0 fully saturated rings. The summed E-state index contributed by atoms with van der Waals surface area (Å²) in [6, 6.07) is 13.8. The second-order valence-corrected chi connectivity index (χ2v) is 7.16. The molecule has 5 heteroatoms. The lowest BCUT2D eigenvalue weighted by atomic mass is 10.0. The minimum Gasteiger partial charge on any atom is -0.302 e. The molecule has 0 saturated heterocycles. The number of rotatable bonds is 4. The molecule has 1 N–H and O–H groups in total. The Morgan fingerprint density at radius 1 is 1.22 bits per heavy atom. The van der Waals surface area contributed by atoms with Crippen LogP contribution in [0.15, 0.2) is 42.5 Å². The van der Waals surface area contributed by atoms with Crippen LogP contribution < -0.4 is 5.32 Å². The first-order valence-corrected chi connectivity index (χ1v) is 8.66. The molecule has 0 radical (unpaired) electrons. The molecule has 3 rings (SSSR count). The molecule has 118 valence electrons. The quantitative estimate of drug-likeness (QED) is 0.702. The molecule has 0 atom stereocenters. The number of fused-ring (bicyclic) bond motifs is 1. The SMILES string of the molecule is CC(C)c1ccc(CC(=O)Nc2nc3c(Cl)cccc3s2)cc1. The van der Waals surface area contributed by atoms with Crippen LogP contribution >= 0.6 is 22.9 Å². The minimum absolute atomic E-state index is 0.0718. The molecule has 0 bridgehead atoms. The van der Waals surface area contributed by atoms with Crippen molar-refractivity contribution >= 4 is 44.2 Å². The normalized spacial score (nSPS) is 11.1. The monoisotopic (exact) mass is 344 g/mol. The number of thiazole rings is 1. The molecular weight excluding hydrogens is 328 g/mol. The number of hydrogen-bond donors (Lipinski definition) is 1. The fourth-order valence-electron chi connectivity index (χ4n) is 2.34. The molecule has 3 nitrogen and oxygen atoms in total. The highest BCUT2D eigenvalue weighted by atomic mass is 35.5. The van der Waals surface area contributed by atoms with Gasteiger partial charge in [0.15, 0.2) is 5.13 Å². The van der Waals surface area contributed by atoms with E-state index in [9.17, 15) is 4.79 Å². The summed E-state index contributed by atoms with van der Waals surface area (Å²) in [5.41, 5.74) is 3.00. The molecule has 0 aliphatic heterocycles. The van der Waals surface area contributed by atoms with Gasteiger partial charge in [-0.1, -0.05) is 67.1 Å². The Balaban J connectivity index is 1.69. The first kappa shape index (κ1) is 16.0. The summed E-state index contributed by atoms with van der Waals surface area (Å²) in [7, 11) is 0. The fraction of sp³-hybridized carbons (Fsp3) is 0.222. The van der Waals surface area contributed by atoms with Gasteiger partial charge < -0.3 is 5.32 Å². The topological polar surface area (TPSA) is 42.0 Å². The van der Waals surface area contributed by atoms with E-state index in [1.807, 2.05) is 24.3 Å². The van der Waals surface area contributed by atoms with Gasteiger partial charge in [-0.3, -0.25) is 4.79 Å². The van der Waals surface area contributed by atoms with Crippen molar-refractivity contribution in [3.63, 3.8) is 0 Å². The third-order valence-corrected chi connectivity index (χ3v) is 4.87. The lowest BCUT2D eigenvalue weighted by Crippen LogP contribution is -2.14. The molecule has 1 aromatic heterocycles. The van der Waals surface area contributed by atoms with Gasteiger partial charge in [0.2, 0.25) is 5.91 Å². The Morgan fingerprint density at radius 2 is 1.96 bits per heavy atom. The van der Waals surface area contributed by atoms with Crippen molar-refractivity contribution in [2.75, 3.05) is 5.32 Å². The number of anilines is 1. The minimum atomic E-state index is -0.0718. The van der Waals surface area contributed by atoms with Crippen molar-refractivity contribution in [1.29, 1.82) is 0 Å². The van der Waals surface area contributed by atoms with E-state index in [1.54, 1.807) is 6.07 Å². The molecule has 0 aliphatic carbocycles. The second kappa shape index (κ2) is 6.69. The molecule has 0 unspecified atom stereocenters. The number of amides is 1. The van der Waals surface area contributed by atoms with E-state index in [0.717, 1.165) is 15.8 Å². The fourth-order valence-corrected chi connectivity index (χ4v) is 3.52. The smallest absolute Gasteiger partial charge is 0.230 e. The zero-order valence-electron chi connectivity index (χ0n) is 13.0. The van der Waals surface area contributed by atoms with Crippen LogP contribution in [-0.4, -0.2) is 10.9 Å². The molecule has 2 aromatic carbocycles. The van der Waals surface area contributed by atoms with Crippen LogP contribution in [0.1, 0.15) is 30.9 Å². The van der Waals surface area contributed by atoms with Crippen LogP contribution in [0.2, 0.25) is 5.02 Å². The van der Waals surface area contributed by atoms with Crippen LogP contribution in [0.25, 0.3) is 10.2 Å². The molecule has 3 aromatic rings. The van der Waals surface area contributed by atoms with Gasteiger partial charge in [-0.15, -0.1) is 0 Å². The van der Waals surface area contributed by atoms with Gasteiger partial charge >= 0.3 is 0 Å². The van der Waals surface area contributed by atoms with Gasteiger partial charge in [-0.2, -0.15) is 0 Å². The maximum absolute atomic E-state index is 12.2. The van der Waals surface area contributed by atoms with Gasteiger partial charge in [-0.25, -0.2) is 4.98 Å². The van der Waals surface area contributed by atoms with E-state index in [2.05, 4.69) is 36.3 Å². The van der Waals surface area contributed by atoms with Gasteiger partial charge in [-0.05, 0) is 29.2 Å². The van der Waals surface area contributed by atoms with Crippen molar-refractivity contribution in [2.24, 2.45) is 0 Å². The number of carbonyl (C=O) groups is 1. The molecule has 0 spiro atoms. The van der Waals surface area contributed by atoms with Gasteiger partial charge in [0.1, 0.15) is 5.52 Å². The molecule has 23 heavy (non-hydrogen) atoms. The highest BCUT2D eigenvalue weighted by Gasteiger charge is 2.10. The van der Waals surface area contributed by atoms with Crippen molar-refractivity contribution in [3.05, 3.63) is 58.6 Å². The largest absolute Gasteiger partial charge is 0.302 e. The van der Waals surface area contributed by atoms with Crippen molar-refractivity contribution < 1.29 is 4.79 Å². The predicted molar refractivity (Wildman–Crippen MR) is 97.5 cm³/mol. The summed E-state index contributed by atoms with van der Waals surface area (Å²) in [6.45, 7) is 4.31. The lowest BCUT2D eigenvalue weighted by Gasteiger charge is -2.06. The maximum Gasteiger partial charge on any atom is 0.230 e. The first-order valence-electron chi connectivity index (χ1n) is 7.46. The van der Waals surface area contributed by atoms with E-state index >= 15 is 0 Å². The molecule has 0 saturated carbocycles. The highest BCUT2D eigenvalue weighted by molar-refractivity contribution is 7.22. The standard InChI is InChI=1S/C18H17ClN2OS/c1-11(2)13-8-6-12(7-9-13)10-16(22)20-18-21-17-14(19)4-3-5-15(17)23-18/h3-9,11H,10H2,1-2H3,(H,20,21,22). The van der Waals surface area contributed by atoms with Crippen LogP contribution in [0.5, 0.6) is 0 Å². The Bertz CT molecular complexity index is 840. The van der Waals surface area contributed by atoms with E-state index < -0.39 is 0 Å². The van der Waals surface area contributed by atoms with Crippen molar-refractivity contribution in [3.8, 4) is 0 Å². The summed E-state index contributed by atoms with van der Waals surface area (Å²) < 4.78 is 0.967. The van der Waals surface area contributed by atoms with E-state index in [-0.39, 0.29) is 5.91 Å². The average Bonchev–Trinajstić information content (AvgIpc) is 2.91. The summed E-state index contributed by atoms with van der Waals surface area (Å²) in [5.74, 6) is 0.419. The van der Waals surface area contributed by atoms with Crippen LogP contribution in [0, 0.1) is 0 Å². The summed E-state index contributed by atoms with van der Waals surface area (Å²) >= 11 is 7.54. The van der Waals surface area contributed by atoms with Crippen molar-refractivity contribution in [1.82, 2.24) is 4.98 Å². The number of aromatic nitrogens is 1. The Morgan fingerprint density at radius 3 is 2.61 bits per heavy atom. The Kier molecular flexibility index (Phi) is 4.64. The molecule has 1 amide bonds. The third-order valence-electron chi connectivity index (χ3n) is 3.63. The molecular formula is C18H17ClN2OS. The number of hydrogen-bond acceptors (Lipinski definition) is 3. The Labute approximate surface area is 144 Å². The van der Waals surface area contributed by atoms with Gasteiger partial charge in [0, 0.05) is 0 Å². The second-order valence-electron chi connectivity index (χ2n) is 5.73. The summed E-state index contributed by atoms with van der Waals surface area (Å²) in [6.07, 6.45) is 0.335. The highest BCUT2D eigenvalue weighted by Crippen LogP contribution is 2.30. The van der Waals surface area contributed by atoms with Gasteiger partial charge in [0.05, 0.1) is 16.1 Å². The van der Waals surface area contributed by atoms with Crippen molar-refractivity contribution in [2.45, 2.75) is 26.2 Å². The predicted octanol–water partition coefficient (Wildman–Crippen LogP) is 5.25. The maximum atomic E-state index is 12.2. The van der Waals surface area contributed by atoms with Crippen LogP contribution in [-0.2, 0) is 11.2 Å². The summed E-state index contributed by atoms with van der Waals surface area (Å²) in [4.78, 5) is 16.6. The number of halogens is 1. The lowest BCUT2D eigenvalue weighted by molar-refractivity contribution is -0.115. The van der Waals surface area contributed by atoms with Crippen LogP contribution in [0.3, 0.4) is 0 Å². The average molecular weight is 345 g/mol.